The van der Waals surface area contributed by atoms with Gasteiger partial charge in [-0.05, 0) is 26.8 Å². The topological polar surface area (TPSA) is 50.2 Å². The summed E-state index contributed by atoms with van der Waals surface area (Å²) in [5, 5.41) is 3.30. The fraction of sp³-hybridized carbons (Fsp3) is 0.692. The average molecular weight is 252 g/mol. The van der Waals surface area contributed by atoms with Gasteiger partial charge in [0.05, 0.1) is 6.33 Å². The number of imidazole rings is 1. The van der Waals surface area contributed by atoms with Crippen molar-refractivity contribution in [3.63, 3.8) is 0 Å². The van der Waals surface area contributed by atoms with Crippen molar-refractivity contribution < 1.29 is 4.79 Å². The average Bonchev–Trinajstić information content (AvgIpc) is 2.88. The van der Waals surface area contributed by atoms with Gasteiger partial charge in [-0.3, -0.25) is 4.79 Å². The largest absolute Gasteiger partial charge is 0.343 e. The van der Waals surface area contributed by atoms with Gasteiger partial charge in [0.15, 0.2) is 0 Å². The number of carbonyl (C=O) groups excluding carboxylic acids is 1. The molecule has 0 saturated heterocycles. The summed E-state index contributed by atoms with van der Waals surface area (Å²) >= 11 is 0. The van der Waals surface area contributed by atoms with Gasteiger partial charge >= 0.3 is 0 Å². The van der Waals surface area contributed by atoms with Crippen LogP contribution in [0.25, 0.3) is 0 Å². The summed E-state index contributed by atoms with van der Waals surface area (Å²) in [6, 6.07) is 0. The first kappa shape index (κ1) is 14.7. The number of hydrogen-bond donors (Lipinski definition) is 1. The molecule has 102 valence electrons. The molecular formula is C13H24N4O. The Morgan fingerprint density at radius 2 is 2.11 bits per heavy atom. The first-order chi connectivity index (χ1) is 8.77. The molecule has 0 aliphatic carbocycles. The number of carbonyl (C=O) groups is 1. The Morgan fingerprint density at radius 3 is 2.72 bits per heavy atom. The van der Waals surface area contributed by atoms with Crippen molar-refractivity contribution in [1.29, 1.82) is 0 Å². The minimum atomic E-state index is 0.238. The quantitative estimate of drug-likeness (QED) is 0.670. The smallest absolute Gasteiger partial charge is 0.223 e. The number of nitrogens with zero attached hydrogens (tertiary/aromatic N) is 3. The van der Waals surface area contributed by atoms with Crippen LogP contribution in [-0.4, -0.2) is 46.5 Å². The van der Waals surface area contributed by atoms with Crippen molar-refractivity contribution in [2.45, 2.75) is 33.2 Å². The van der Waals surface area contributed by atoms with Crippen LogP contribution in [0.3, 0.4) is 0 Å². The van der Waals surface area contributed by atoms with E-state index in [0.717, 1.165) is 39.1 Å². The number of aromatic nitrogens is 2. The Morgan fingerprint density at radius 1 is 1.33 bits per heavy atom. The Kier molecular flexibility index (Phi) is 7.10. The number of aryl methyl sites for hydroxylation is 1. The molecule has 0 atom stereocenters. The van der Waals surface area contributed by atoms with Crippen molar-refractivity contribution in [2.75, 3.05) is 26.2 Å². The van der Waals surface area contributed by atoms with E-state index < -0.39 is 0 Å². The Labute approximate surface area is 109 Å². The second-order valence-corrected chi connectivity index (χ2v) is 4.22. The Balaban J connectivity index is 2.00. The third-order valence-electron chi connectivity index (χ3n) is 2.96. The molecule has 5 nitrogen and oxygen atoms in total. The van der Waals surface area contributed by atoms with E-state index in [4.69, 9.17) is 0 Å². The predicted molar refractivity (Wildman–Crippen MR) is 72.3 cm³/mol. The highest BCUT2D eigenvalue weighted by atomic mass is 16.2. The molecule has 1 N–H and O–H groups in total. The molecule has 0 unspecified atom stereocenters. The summed E-state index contributed by atoms with van der Waals surface area (Å²) in [7, 11) is 0. The lowest BCUT2D eigenvalue weighted by Crippen LogP contribution is -2.33. The zero-order valence-corrected chi connectivity index (χ0v) is 11.4. The zero-order chi connectivity index (χ0) is 13.2. The van der Waals surface area contributed by atoms with Gasteiger partial charge in [-0.25, -0.2) is 4.98 Å². The van der Waals surface area contributed by atoms with Gasteiger partial charge in [-0.15, -0.1) is 0 Å². The molecule has 0 saturated carbocycles. The summed E-state index contributed by atoms with van der Waals surface area (Å²) in [6.45, 7) is 8.30. The molecule has 1 aromatic heterocycles. The van der Waals surface area contributed by atoms with Crippen LogP contribution >= 0.6 is 0 Å². The van der Waals surface area contributed by atoms with Gasteiger partial charge in [0.1, 0.15) is 0 Å². The molecular weight excluding hydrogens is 228 g/mol. The molecule has 0 radical (unpaired) electrons. The minimum absolute atomic E-state index is 0.238. The summed E-state index contributed by atoms with van der Waals surface area (Å²) < 4.78 is 2.06. The van der Waals surface area contributed by atoms with E-state index in [9.17, 15) is 4.79 Å². The van der Waals surface area contributed by atoms with Crippen molar-refractivity contribution in [3.05, 3.63) is 18.7 Å². The van der Waals surface area contributed by atoms with E-state index in [1.54, 1.807) is 6.20 Å². The lowest BCUT2D eigenvalue weighted by atomic mass is 10.3. The van der Waals surface area contributed by atoms with Crippen LogP contribution in [0.1, 0.15) is 26.7 Å². The molecule has 1 heterocycles. The summed E-state index contributed by atoms with van der Waals surface area (Å²) in [4.78, 5) is 17.6. The Hall–Kier alpha value is -1.36. The Bertz CT molecular complexity index is 320. The van der Waals surface area contributed by atoms with E-state index in [2.05, 4.69) is 14.9 Å². The van der Waals surface area contributed by atoms with Gasteiger partial charge in [0.25, 0.3) is 0 Å². The van der Waals surface area contributed by atoms with Crippen LogP contribution in [0, 0.1) is 0 Å². The van der Waals surface area contributed by atoms with Crippen LogP contribution in [0.2, 0.25) is 0 Å². The molecule has 18 heavy (non-hydrogen) atoms. The molecule has 1 rings (SSSR count). The second kappa shape index (κ2) is 8.69. The first-order valence-electron chi connectivity index (χ1n) is 6.72. The minimum Gasteiger partial charge on any atom is -0.343 e. The van der Waals surface area contributed by atoms with Gasteiger partial charge in [-0.2, -0.15) is 0 Å². The monoisotopic (exact) mass is 252 g/mol. The molecule has 5 heteroatoms. The molecule has 0 fully saturated rings. The van der Waals surface area contributed by atoms with Gasteiger partial charge in [0.2, 0.25) is 5.91 Å². The highest BCUT2D eigenvalue weighted by molar-refractivity contribution is 5.76. The lowest BCUT2D eigenvalue weighted by Gasteiger charge is -2.18. The predicted octanol–water partition coefficient (Wildman–Crippen LogP) is 1.12. The van der Waals surface area contributed by atoms with E-state index in [1.165, 1.54) is 0 Å². The summed E-state index contributed by atoms with van der Waals surface area (Å²) in [5.41, 5.74) is 0. The molecule has 0 spiro atoms. The van der Waals surface area contributed by atoms with E-state index in [0.29, 0.717) is 6.42 Å². The normalized spacial score (nSPS) is 10.6. The van der Waals surface area contributed by atoms with Crippen LogP contribution in [0.15, 0.2) is 18.7 Å². The first-order valence-corrected chi connectivity index (χ1v) is 6.72. The third-order valence-corrected chi connectivity index (χ3v) is 2.96. The number of amides is 1. The van der Waals surface area contributed by atoms with Crippen molar-refractivity contribution in [2.24, 2.45) is 0 Å². The summed E-state index contributed by atoms with van der Waals surface area (Å²) in [6.07, 6.45) is 7.21. The maximum atomic E-state index is 11.7. The third kappa shape index (κ3) is 5.31. The van der Waals surface area contributed by atoms with Gasteiger partial charge in [-0.1, -0.05) is 0 Å². The molecule has 0 aliphatic heterocycles. The van der Waals surface area contributed by atoms with Crippen LogP contribution in [0.4, 0.5) is 0 Å². The van der Waals surface area contributed by atoms with Crippen LogP contribution < -0.4 is 5.32 Å². The van der Waals surface area contributed by atoms with Crippen molar-refractivity contribution >= 4 is 5.91 Å². The second-order valence-electron chi connectivity index (χ2n) is 4.22. The van der Waals surface area contributed by atoms with Gasteiger partial charge < -0.3 is 14.8 Å². The maximum Gasteiger partial charge on any atom is 0.223 e. The number of rotatable bonds is 9. The fourth-order valence-electron chi connectivity index (χ4n) is 1.86. The van der Waals surface area contributed by atoms with Gasteiger partial charge in [0, 0.05) is 45.0 Å². The lowest BCUT2D eigenvalue weighted by molar-refractivity contribution is -0.130. The van der Waals surface area contributed by atoms with E-state index in [-0.39, 0.29) is 5.91 Å². The van der Waals surface area contributed by atoms with Crippen molar-refractivity contribution in [3.8, 4) is 0 Å². The highest BCUT2D eigenvalue weighted by Crippen LogP contribution is 1.93. The van der Waals surface area contributed by atoms with Crippen LogP contribution in [-0.2, 0) is 11.3 Å². The summed E-state index contributed by atoms with van der Waals surface area (Å²) in [5.74, 6) is 0.238. The molecule has 0 aliphatic rings. The molecule has 1 aromatic rings. The van der Waals surface area contributed by atoms with E-state index in [1.807, 2.05) is 31.3 Å². The number of hydrogen-bond acceptors (Lipinski definition) is 3. The fourth-order valence-corrected chi connectivity index (χ4v) is 1.86. The van der Waals surface area contributed by atoms with Crippen LogP contribution in [0.5, 0.6) is 0 Å². The molecule has 0 bridgehead atoms. The molecule has 0 aromatic carbocycles. The maximum absolute atomic E-state index is 11.7. The van der Waals surface area contributed by atoms with E-state index >= 15 is 0 Å². The van der Waals surface area contributed by atoms with Crippen molar-refractivity contribution in [1.82, 2.24) is 19.8 Å². The molecule has 1 amide bonds. The standard InChI is InChI=1S/C13H24N4O/c1-3-17(4-2)13(18)6-8-14-7-5-10-16-11-9-15-12-16/h9,11-12,14H,3-8,10H2,1-2H3. The number of nitrogens with one attached hydrogen (secondary N) is 1. The SMILES string of the molecule is CCN(CC)C(=O)CCNCCCn1ccnc1. The zero-order valence-electron chi connectivity index (χ0n) is 11.4. The highest BCUT2D eigenvalue weighted by Gasteiger charge is 2.07.